The standard InChI is InChI=1S/C20H24ClN3O2/c1-3-11-24(12-4-2)17-8-5-15(6-9-17)14-22-23-20(26)18-13-16(21)7-10-19(18)25/h5-10,13-14,25H,3-4,11-12H2,1-2H3,(H,23,26)/b22-14-. The number of phenolic OH excluding ortho intramolecular Hbond substituents is 1. The number of halogens is 1. The van der Waals surface area contributed by atoms with Crippen LogP contribution in [0.25, 0.3) is 0 Å². The van der Waals surface area contributed by atoms with E-state index in [0.717, 1.165) is 31.5 Å². The third-order valence-electron chi connectivity index (χ3n) is 3.83. The van der Waals surface area contributed by atoms with Gasteiger partial charge in [-0.05, 0) is 48.7 Å². The molecule has 0 saturated carbocycles. The van der Waals surface area contributed by atoms with Crippen molar-refractivity contribution in [3.63, 3.8) is 0 Å². The summed E-state index contributed by atoms with van der Waals surface area (Å²) < 4.78 is 0. The summed E-state index contributed by atoms with van der Waals surface area (Å²) in [5.74, 6) is -0.659. The maximum Gasteiger partial charge on any atom is 0.275 e. The lowest BCUT2D eigenvalue weighted by atomic mass is 10.2. The molecule has 0 fully saturated rings. The molecule has 2 N–H and O–H groups in total. The molecule has 2 aromatic rings. The molecule has 2 aromatic carbocycles. The highest BCUT2D eigenvalue weighted by Gasteiger charge is 2.10. The average molecular weight is 374 g/mol. The fourth-order valence-electron chi connectivity index (χ4n) is 2.60. The molecule has 1 amide bonds. The van der Waals surface area contributed by atoms with E-state index < -0.39 is 5.91 Å². The second kappa shape index (κ2) is 9.82. The fraction of sp³-hybridized carbons (Fsp3) is 0.300. The van der Waals surface area contributed by atoms with Crippen LogP contribution in [0.15, 0.2) is 47.6 Å². The minimum atomic E-state index is -0.519. The highest BCUT2D eigenvalue weighted by atomic mass is 35.5. The van der Waals surface area contributed by atoms with E-state index in [4.69, 9.17) is 11.6 Å². The monoisotopic (exact) mass is 373 g/mol. The summed E-state index contributed by atoms with van der Waals surface area (Å²) in [5, 5.41) is 14.0. The third kappa shape index (κ3) is 5.49. The quantitative estimate of drug-likeness (QED) is 0.531. The lowest BCUT2D eigenvalue weighted by Crippen LogP contribution is -2.24. The maximum atomic E-state index is 12.0. The van der Waals surface area contributed by atoms with Crippen molar-refractivity contribution >= 4 is 29.4 Å². The Labute approximate surface area is 159 Å². The zero-order valence-electron chi connectivity index (χ0n) is 15.1. The molecule has 6 heteroatoms. The Morgan fingerprint density at radius 2 is 1.81 bits per heavy atom. The van der Waals surface area contributed by atoms with Crippen molar-refractivity contribution < 1.29 is 9.90 Å². The van der Waals surface area contributed by atoms with Crippen LogP contribution in [0.4, 0.5) is 5.69 Å². The molecule has 0 unspecified atom stereocenters. The Kier molecular flexibility index (Phi) is 7.48. The van der Waals surface area contributed by atoms with Crippen LogP contribution in [-0.4, -0.2) is 30.3 Å². The largest absolute Gasteiger partial charge is 0.507 e. The van der Waals surface area contributed by atoms with Gasteiger partial charge in [0.1, 0.15) is 5.75 Å². The smallest absolute Gasteiger partial charge is 0.275 e. The van der Waals surface area contributed by atoms with Crippen molar-refractivity contribution in [3.8, 4) is 5.75 Å². The number of hydrazone groups is 1. The van der Waals surface area contributed by atoms with Gasteiger partial charge < -0.3 is 10.0 Å². The molecule has 0 aromatic heterocycles. The molecule has 2 rings (SSSR count). The van der Waals surface area contributed by atoms with E-state index in [1.807, 2.05) is 12.1 Å². The number of amides is 1. The van der Waals surface area contributed by atoms with E-state index in [1.54, 1.807) is 6.21 Å². The molecule has 0 spiro atoms. The predicted octanol–water partition coefficient (Wildman–Crippen LogP) is 4.44. The molecule has 0 aliphatic carbocycles. The van der Waals surface area contributed by atoms with Crippen molar-refractivity contribution in [3.05, 3.63) is 58.6 Å². The number of carbonyl (C=O) groups is 1. The first-order chi connectivity index (χ1) is 12.5. The van der Waals surface area contributed by atoms with Crippen molar-refractivity contribution in [1.82, 2.24) is 5.43 Å². The molecule has 5 nitrogen and oxygen atoms in total. The van der Waals surface area contributed by atoms with Gasteiger partial charge in [0.05, 0.1) is 11.8 Å². The summed E-state index contributed by atoms with van der Waals surface area (Å²) in [7, 11) is 0. The van der Waals surface area contributed by atoms with Gasteiger partial charge in [-0.15, -0.1) is 0 Å². The number of hydrogen-bond acceptors (Lipinski definition) is 4. The van der Waals surface area contributed by atoms with Gasteiger partial charge in [0.2, 0.25) is 0 Å². The van der Waals surface area contributed by atoms with Crippen LogP contribution >= 0.6 is 11.6 Å². The van der Waals surface area contributed by atoms with Gasteiger partial charge in [0.25, 0.3) is 5.91 Å². The lowest BCUT2D eigenvalue weighted by molar-refractivity contribution is 0.0952. The number of nitrogens with one attached hydrogen (secondary N) is 1. The van der Waals surface area contributed by atoms with Gasteiger partial charge in [0.15, 0.2) is 0 Å². The molecule has 0 heterocycles. The van der Waals surface area contributed by atoms with E-state index in [2.05, 4.69) is 41.4 Å². The maximum absolute atomic E-state index is 12.0. The first kappa shape index (κ1) is 19.8. The average Bonchev–Trinajstić information content (AvgIpc) is 2.64. The summed E-state index contributed by atoms with van der Waals surface area (Å²) in [6.45, 7) is 6.40. The number of rotatable bonds is 8. The SMILES string of the molecule is CCCN(CCC)c1ccc(/C=N\NC(=O)c2cc(Cl)ccc2O)cc1. The van der Waals surface area contributed by atoms with Crippen LogP contribution in [-0.2, 0) is 0 Å². The Morgan fingerprint density at radius 1 is 1.15 bits per heavy atom. The van der Waals surface area contributed by atoms with Gasteiger partial charge in [0, 0.05) is 23.8 Å². The van der Waals surface area contributed by atoms with Crippen LogP contribution in [0.5, 0.6) is 5.75 Å². The number of hydrogen-bond donors (Lipinski definition) is 2. The highest BCUT2D eigenvalue weighted by Crippen LogP contribution is 2.21. The topological polar surface area (TPSA) is 64.9 Å². The number of phenols is 1. The van der Waals surface area contributed by atoms with E-state index in [9.17, 15) is 9.90 Å². The lowest BCUT2D eigenvalue weighted by Gasteiger charge is -2.23. The summed E-state index contributed by atoms with van der Waals surface area (Å²) >= 11 is 5.84. The normalized spacial score (nSPS) is 10.9. The van der Waals surface area contributed by atoms with Crippen LogP contribution in [0.1, 0.15) is 42.6 Å². The first-order valence-corrected chi connectivity index (χ1v) is 9.09. The molecule has 0 radical (unpaired) electrons. The molecule has 138 valence electrons. The van der Waals surface area contributed by atoms with Crippen LogP contribution in [0.3, 0.4) is 0 Å². The summed E-state index contributed by atoms with van der Waals surface area (Å²) in [4.78, 5) is 14.4. The second-order valence-corrected chi connectivity index (χ2v) is 6.38. The van der Waals surface area contributed by atoms with E-state index in [0.29, 0.717) is 5.02 Å². The molecule has 0 bridgehead atoms. The van der Waals surface area contributed by atoms with Crippen LogP contribution in [0.2, 0.25) is 5.02 Å². The minimum Gasteiger partial charge on any atom is -0.507 e. The van der Waals surface area contributed by atoms with Crippen molar-refractivity contribution in [2.24, 2.45) is 5.10 Å². The number of carbonyl (C=O) groups excluding carboxylic acids is 1. The van der Waals surface area contributed by atoms with Crippen LogP contribution in [0, 0.1) is 0 Å². The molecule has 0 aliphatic heterocycles. The van der Waals surface area contributed by atoms with Gasteiger partial charge in [-0.3, -0.25) is 4.79 Å². The molecule has 26 heavy (non-hydrogen) atoms. The summed E-state index contributed by atoms with van der Waals surface area (Å²) in [6.07, 6.45) is 3.77. The molecular weight excluding hydrogens is 350 g/mol. The van der Waals surface area contributed by atoms with Gasteiger partial charge in [-0.25, -0.2) is 5.43 Å². The number of benzene rings is 2. The predicted molar refractivity (Wildman–Crippen MR) is 107 cm³/mol. The zero-order chi connectivity index (χ0) is 18.9. The number of aromatic hydroxyl groups is 1. The Balaban J connectivity index is 2.00. The van der Waals surface area contributed by atoms with Gasteiger partial charge in [-0.2, -0.15) is 5.10 Å². The fourth-order valence-corrected chi connectivity index (χ4v) is 2.77. The Bertz CT molecular complexity index is 754. The Morgan fingerprint density at radius 3 is 2.42 bits per heavy atom. The molecular formula is C20H24ClN3O2. The van der Waals surface area contributed by atoms with Gasteiger partial charge in [-0.1, -0.05) is 37.6 Å². The molecule has 0 aliphatic rings. The first-order valence-electron chi connectivity index (χ1n) is 8.72. The van der Waals surface area contributed by atoms with Crippen molar-refractivity contribution in [1.29, 1.82) is 0 Å². The summed E-state index contributed by atoms with van der Waals surface area (Å²) in [6, 6.07) is 12.3. The van der Waals surface area contributed by atoms with Crippen LogP contribution < -0.4 is 10.3 Å². The minimum absolute atomic E-state index is 0.0831. The highest BCUT2D eigenvalue weighted by molar-refractivity contribution is 6.31. The molecule has 0 saturated heterocycles. The van der Waals surface area contributed by atoms with Crippen molar-refractivity contribution in [2.45, 2.75) is 26.7 Å². The number of anilines is 1. The van der Waals surface area contributed by atoms with Crippen molar-refractivity contribution in [2.75, 3.05) is 18.0 Å². The van der Waals surface area contributed by atoms with E-state index >= 15 is 0 Å². The molecule has 0 atom stereocenters. The third-order valence-corrected chi connectivity index (χ3v) is 4.06. The van der Waals surface area contributed by atoms with E-state index in [1.165, 1.54) is 23.9 Å². The summed E-state index contributed by atoms with van der Waals surface area (Å²) in [5.41, 5.74) is 4.53. The van der Waals surface area contributed by atoms with Gasteiger partial charge >= 0.3 is 0 Å². The number of nitrogens with zero attached hydrogens (tertiary/aromatic N) is 2. The zero-order valence-corrected chi connectivity index (χ0v) is 15.8. The van der Waals surface area contributed by atoms with E-state index in [-0.39, 0.29) is 11.3 Å². The second-order valence-electron chi connectivity index (χ2n) is 5.94. The Hall–Kier alpha value is -2.53.